The number of aromatic nitrogens is 10. The van der Waals surface area contributed by atoms with E-state index in [1.165, 1.54) is 22.3 Å². The van der Waals surface area contributed by atoms with Gasteiger partial charge in [0.2, 0.25) is 11.9 Å². The van der Waals surface area contributed by atoms with Gasteiger partial charge in [-0.2, -0.15) is 20.2 Å². The van der Waals surface area contributed by atoms with Gasteiger partial charge in [0, 0.05) is 59.6 Å². The number of aryl methyl sites for hydroxylation is 2. The highest BCUT2D eigenvalue weighted by molar-refractivity contribution is 5.66. The smallest absolute Gasteiger partial charge is 0.229 e. The first-order chi connectivity index (χ1) is 33.5. The molecule has 16 heteroatoms. The van der Waals surface area contributed by atoms with E-state index in [4.69, 9.17) is 29.4 Å². The standard InChI is InChI=1S/2C26H25N7O/c2*1-17-28-16-29-33(17)22-12-9-19-15-23(22)34-14-6-5-13-27-25-21-11-10-20(18-7-3-2-4-8-18)24(21)31-26(30-19)32-25/h2*2-9,12,15-16,20H,10-11,13-14H2,1H3,(H2,27,30,31,32)/b6-5+;6-5-. The van der Waals surface area contributed by atoms with Crippen molar-refractivity contribution in [3.63, 3.8) is 0 Å². The van der Waals surface area contributed by atoms with Gasteiger partial charge >= 0.3 is 0 Å². The minimum atomic E-state index is 0.267. The van der Waals surface area contributed by atoms with Crippen LogP contribution in [0.5, 0.6) is 11.5 Å². The fourth-order valence-corrected chi connectivity index (χ4v) is 9.33. The van der Waals surface area contributed by atoms with Crippen molar-refractivity contribution in [2.45, 2.75) is 51.4 Å². The molecule has 4 aliphatic rings. The Morgan fingerprint density at radius 3 is 1.41 bits per heavy atom. The summed E-state index contributed by atoms with van der Waals surface area (Å²) in [6, 6.07) is 33.0. The predicted octanol–water partition coefficient (Wildman–Crippen LogP) is 9.10. The molecule has 16 nitrogen and oxygen atoms in total. The maximum absolute atomic E-state index is 6.10. The molecule has 2 aliphatic heterocycles. The van der Waals surface area contributed by atoms with E-state index in [1.54, 1.807) is 22.0 Å². The number of nitrogens with zero attached hydrogens (tertiary/aromatic N) is 10. The second-order valence-electron chi connectivity index (χ2n) is 16.9. The predicted molar refractivity (Wildman–Crippen MR) is 262 cm³/mol. The molecule has 0 radical (unpaired) electrons. The Morgan fingerprint density at radius 2 is 0.985 bits per heavy atom. The second-order valence-corrected chi connectivity index (χ2v) is 16.9. The van der Waals surface area contributed by atoms with Crippen LogP contribution in [-0.2, 0) is 12.8 Å². The summed E-state index contributed by atoms with van der Waals surface area (Å²) in [5.41, 5.74) is 10.5. The van der Waals surface area contributed by atoms with Crippen LogP contribution in [-0.4, -0.2) is 75.8 Å². The third-order valence-corrected chi connectivity index (χ3v) is 12.6. The summed E-state index contributed by atoms with van der Waals surface area (Å²) < 4.78 is 15.7. The molecule has 2 unspecified atom stereocenters. The number of ether oxygens (including phenoxy) is 2. The summed E-state index contributed by atoms with van der Waals surface area (Å²) in [5.74, 6) is 6.47. The van der Waals surface area contributed by atoms with Gasteiger partial charge in [0.15, 0.2) is 0 Å². The Bertz CT molecular complexity index is 2940. The average Bonchev–Trinajstić information content (AvgIpc) is 4.19. The van der Waals surface area contributed by atoms with Crippen molar-refractivity contribution in [1.29, 1.82) is 0 Å². The van der Waals surface area contributed by atoms with E-state index in [-0.39, 0.29) is 11.8 Å². The number of hydrogen-bond acceptors (Lipinski definition) is 14. The van der Waals surface area contributed by atoms with Gasteiger partial charge in [-0.15, -0.1) is 0 Å². The Kier molecular flexibility index (Phi) is 11.7. The fraction of sp³-hybridized carbons (Fsp3) is 0.231. The van der Waals surface area contributed by atoms with Crippen LogP contribution in [0.25, 0.3) is 11.4 Å². The molecular weight excluding hydrogens is 853 g/mol. The highest BCUT2D eigenvalue weighted by atomic mass is 16.5. The first-order valence-electron chi connectivity index (χ1n) is 23.0. The van der Waals surface area contributed by atoms with Crippen LogP contribution in [0.3, 0.4) is 0 Å². The molecule has 0 fully saturated rings. The number of nitrogens with one attached hydrogen (secondary N) is 4. The molecule has 8 bridgehead atoms. The fourth-order valence-electron chi connectivity index (χ4n) is 9.33. The normalized spacial score (nSPS) is 17.7. The van der Waals surface area contributed by atoms with Crippen LogP contribution in [0.4, 0.5) is 34.9 Å². The minimum absolute atomic E-state index is 0.267. The van der Waals surface area contributed by atoms with E-state index in [2.05, 4.69) is 114 Å². The van der Waals surface area contributed by atoms with Crippen molar-refractivity contribution < 1.29 is 9.47 Å². The molecular formula is C52H50N14O2. The molecule has 6 heterocycles. The van der Waals surface area contributed by atoms with E-state index in [0.29, 0.717) is 49.7 Å². The quantitative estimate of drug-likeness (QED) is 0.123. The molecule has 0 amide bonds. The summed E-state index contributed by atoms with van der Waals surface area (Å²) in [5, 5.41) is 22.5. The van der Waals surface area contributed by atoms with Crippen LogP contribution in [0.1, 0.15) is 70.0 Å². The Balaban J connectivity index is 0.000000149. The molecule has 340 valence electrons. The molecule has 4 aromatic carbocycles. The lowest BCUT2D eigenvalue weighted by atomic mass is 9.97. The van der Waals surface area contributed by atoms with E-state index in [1.807, 2.05) is 62.4 Å². The zero-order valence-corrected chi connectivity index (χ0v) is 37.8. The molecule has 2 aliphatic carbocycles. The van der Waals surface area contributed by atoms with Gasteiger partial charge in [-0.25, -0.2) is 29.3 Å². The summed E-state index contributed by atoms with van der Waals surface area (Å²) >= 11 is 0. The molecule has 0 saturated heterocycles. The van der Waals surface area contributed by atoms with Crippen LogP contribution in [0.15, 0.2) is 134 Å². The first-order valence-corrected chi connectivity index (χ1v) is 23.0. The lowest BCUT2D eigenvalue weighted by Crippen LogP contribution is -2.10. The number of anilines is 6. The maximum atomic E-state index is 6.10. The lowest BCUT2D eigenvalue weighted by molar-refractivity contribution is 0.360. The van der Waals surface area contributed by atoms with Gasteiger partial charge in [-0.1, -0.05) is 72.8 Å². The topological polar surface area (TPSA) is 180 Å². The molecule has 4 N–H and O–H groups in total. The van der Waals surface area contributed by atoms with Crippen LogP contribution in [0, 0.1) is 13.8 Å². The summed E-state index contributed by atoms with van der Waals surface area (Å²) in [7, 11) is 0. The van der Waals surface area contributed by atoms with Crippen molar-refractivity contribution >= 4 is 34.9 Å². The maximum Gasteiger partial charge on any atom is 0.229 e. The largest absolute Gasteiger partial charge is 0.487 e. The number of benzene rings is 4. The number of rotatable bonds is 4. The van der Waals surface area contributed by atoms with Gasteiger partial charge in [0.1, 0.15) is 72.0 Å². The zero-order valence-electron chi connectivity index (χ0n) is 37.8. The van der Waals surface area contributed by atoms with Crippen molar-refractivity contribution in [3.05, 3.63) is 179 Å². The average molecular weight is 903 g/mol. The minimum Gasteiger partial charge on any atom is -0.487 e. The van der Waals surface area contributed by atoms with Gasteiger partial charge in [-0.05, 0) is 87.1 Å². The number of fused-ring (bicyclic) bond motifs is 12. The molecule has 8 aromatic rings. The van der Waals surface area contributed by atoms with Crippen molar-refractivity contribution in [2.24, 2.45) is 0 Å². The van der Waals surface area contributed by atoms with Crippen LogP contribution < -0.4 is 30.7 Å². The Hall–Kier alpha value is -8.40. The highest BCUT2D eigenvalue weighted by Gasteiger charge is 2.31. The summed E-state index contributed by atoms with van der Waals surface area (Å²) in [6.07, 6.45) is 15.2. The van der Waals surface area contributed by atoms with Gasteiger partial charge < -0.3 is 30.7 Å². The van der Waals surface area contributed by atoms with Crippen LogP contribution in [0.2, 0.25) is 0 Å². The van der Waals surface area contributed by atoms with Crippen molar-refractivity contribution in [2.75, 3.05) is 47.6 Å². The van der Waals surface area contributed by atoms with E-state index in [0.717, 1.165) is 83.1 Å². The summed E-state index contributed by atoms with van der Waals surface area (Å²) in [6.45, 7) is 6.05. The third-order valence-electron chi connectivity index (χ3n) is 12.6. The number of hydrogen-bond donors (Lipinski definition) is 4. The first kappa shape index (κ1) is 42.2. The van der Waals surface area contributed by atoms with Crippen molar-refractivity contribution in [3.8, 4) is 22.9 Å². The monoisotopic (exact) mass is 902 g/mol. The summed E-state index contributed by atoms with van der Waals surface area (Å²) in [4.78, 5) is 28.1. The van der Waals surface area contributed by atoms with Gasteiger partial charge in [0.05, 0.1) is 11.4 Å². The molecule has 68 heavy (non-hydrogen) atoms. The Labute approximate surface area is 393 Å². The van der Waals surface area contributed by atoms with Gasteiger partial charge in [-0.3, -0.25) is 0 Å². The molecule has 0 spiro atoms. The molecule has 4 aromatic heterocycles. The van der Waals surface area contributed by atoms with E-state index in [9.17, 15) is 0 Å². The SMILES string of the molecule is Cc1ncnn1-c1ccc2cc1OC/C=C/CNc1nc(nc3c1CCC3c1ccccc1)N2.Cc1ncnn1-c1ccc2cc1OC/C=C\CNc1nc(nc3c1CCC3c1ccccc1)N2. The molecule has 0 saturated carbocycles. The lowest BCUT2D eigenvalue weighted by Gasteiger charge is -2.16. The third kappa shape index (κ3) is 8.70. The second kappa shape index (κ2) is 18.8. The van der Waals surface area contributed by atoms with Crippen molar-refractivity contribution in [1.82, 2.24) is 49.5 Å². The molecule has 2 atom stereocenters. The van der Waals surface area contributed by atoms with E-state index >= 15 is 0 Å². The van der Waals surface area contributed by atoms with E-state index < -0.39 is 0 Å². The van der Waals surface area contributed by atoms with Crippen LogP contribution >= 0.6 is 0 Å². The molecule has 12 rings (SSSR count). The zero-order chi connectivity index (χ0) is 45.8. The Morgan fingerprint density at radius 1 is 0.529 bits per heavy atom. The van der Waals surface area contributed by atoms with Gasteiger partial charge in [0.25, 0.3) is 0 Å². The highest BCUT2D eigenvalue weighted by Crippen LogP contribution is 2.42.